The summed E-state index contributed by atoms with van der Waals surface area (Å²) >= 11 is 5.79. The molecule has 1 N–H and O–H groups in total. The van der Waals surface area contributed by atoms with Crippen LogP contribution >= 0.6 is 11.6 Å². The second kappa shape index (κ2) is 6.10. The summed E-state index contributed by atoms with van der Waals surface area (Å²) in [6.45, 7) is 3.39. The highest BCUT2D eigenvalue weighted by atomic mass is 35.5. The molecule has 1 aromatic rings. The molecule has 6 nitrogen and oxygen atoms in total. The molecule has 0 unspecified atom stereocenters. The third-order valence-electron chi connectivity index (χ3n) is 2.27. The number of carbonyl (C=O) groups excluding carboxylic acids is 1. The fourth-order valence-corrected chi connectivity index (χ4v) is 2.21. The normalized spacial score (nSPS) is 11.3. The van der Waals surface area contributed by atoms with Crippen LogP contribution in [0.4, 0.5) is 5.82 Å². The number of sulfone groups is 1. The summed E-state index contributed by atoms with van der Waals surface area (Å²) in [4.78, 5) is 18.7. The summed E-state index contributed by atoms with van der Waals surface area (Å²) in [5, 5.41) is 2.84. The summed E-state index contributed by atoms with van der Waals surface area (Å²) in [5.74, 6) is 0.724. The quantitative estimate of drug-likeness (QED) is 0.623. The van der Waals surface area contributed by atoms with Gasteiger partial charge in [-0.2, -0.15) is 0 Å². The first kappa shape index (κ1) is 14.8. The molecule has 1 heterocycles. The molecule has 0 spiro atoms. The van der Waals surface area contributed by atoms with Gasteiger partial charge in [0.1, 0.15) is 16.8 Å². The number of anilines is 1. The van der Waals surface area contributed by atoms with Gasteiger partial charge in [0.15, 0.2) is 16.1 Å². The Bertz CT molecular complexity index is 546. The van der Waals surface area contributed by atoms with E-state index in [1.807, 2.05) is 0 Å². The minimum Gasteiger partial charge on any atom is -0.368 e. The van der Waals surface area contributed by atoms with E-state index in [9.17, 15) is 13.2 Å². The Morgan fingerprint density at radius 2 is 2.06 bits per heavy atom. The summed E-state index contributed by atoms with van der Waals surface area (Å²) in [6.07, 6.45) is 0.540. The zero-order valence-electron chi connectivity index (χ0n) is 10.1. The first-order valence-electron chi connectivity index (χ1n) is 5.33. The number of nitrogens with one attached hydrogen (secondary N) is 1. The van der Waals surface area contributed by atoms with E-state index < -0.39 is 9.84 Å². The van der Waals surface area contributed by atoms with Crippen LogP contribution in [0.25, 0.3) is 0 Å². The standard InChI is InChI=1S/C10H14ClN3O3S/c1-3-18(16,17)5-4-12-10-8(6-15)9(11)13-7(2)14-10/h6H,3-5H2,1-2H3,(H,12,13,14). The molecule has 0 aliphatic heterocycles. The van der Waals surface area contributed by atoms with Crippen molar-refractivity contribution in [1.29, 1.82) is 0 Å². The Balaban J connectivity index is 2.82. The zero-order valence-corrected chi connectivity index (χ0v) is 11.7. The molecule has 0 aliphatic carbocycles. The zero-order chi connectivity index (χ0) is 13.8. The third kappa shape index (κ3) is 3.92. The molecule has 0 amide bonds. The number of hydrogen-bond acceptors (Lipinski definition) is 6. The first-order chi connectivity index (χ1) is 8.39. The van der Waals surface area contributed by atoms with Crippen LogP contribution in [0.15, 0.2) is 0 Å². The fourth-order valence-electron chi connectivity index (χ4n) is 1.26. The average molecular weight is 292 g/mol. The molecule has 0 bridgehead atoms. The number of carbonyl (C=O) groups is 1. The summed E-state index contributed by atoms with van der Waals surface area (Å²) in [5.41, 5.74) is 0.135. The van der Waals surface area contributed by atoms with Crippen molar-refractivity contribution in [2.45, 2.75) is 13.8 Å². The van der Waals surface area contributed by atoms with Crippen LogP contribution in [0.3, 0.4) is 0 Å². The maximum absolute atomic E-state index is 11.3. The lowest BCUT2D eigenvalue weighted by Gasteiger charge is -2.09. The van der Waals surface area contributed by atoms with Gasteiger partial charge in [-0.15, -0.1) is 0 Å². The summed E-state index contributed by atoms with van der Waals surface area (Å²) in [7, 11) is -3.06. The second-order valence-corrected chi connectivity index (χ2v) is 6.44. The maximum atomic E-state index is 11.3. The Morgan fingerprint density at radius 1 is 1.39 bits per heavy atom. The monoisotopic (exact) mass is 291 g/mol. The second-order valence-electron chi connectivity index (χ2n) is 3.60. The van der Waals surface area contributed by atoms with Gasteiger partial charge in [-0.05, 0) is 6.92 Å². The average Bonchev–Trinajstić information content (AvgIpc) is 2.28. The predicted octanol–water partition coefficient (Wildman–Crippen LogP) is 1.10. The molecule has 0 saturated heterocycles. The molecule has 0 aromatic carbocycles. The number of rotatable bonds is 6. The number of aldehydes is 1. The molecule has 0 aliphatic rings. The van der Waals surface area contributed by atoms with E-state index in [-0.39, 0.29) is 34.6 Å². The Labute approximate surface area is 111 Å². The van der Waals surface area contributed by atoms with Crippen molar-refractivity contribution in [1.82, 2.24) is 9.97 Å². The molecule has 8 heteroatoms. The molecule has 0 radical (unpaired) electrons. The van der Waals surface area contributed by atoms with E-state index >= 15 is 0 Å². The van der Waals surface area contributed by atoms with Crippen molar-refractivity contribution in [2.75, 3.05) is 23.4 Å². The molecule has 1 rings (SSSR count). The summed E-state index contributed by atoms with van der Waals surface area (Å²) < 4.78 is 22.6. The van der Waals surface area contributed by atoms with Crippen molar-refractivity contribution in [3.8, 4) is 0 Å². The molecular weight excluding hydrogens is 278 g/mol. The van der Waals surface area contributed by atoms with Gasteiger partial charge >= 0.3 is 0 Å². The SMILES string of the molecule is CCS(=O)(=O)CCNc1nc(C)nc(Cl)c1C=O. The fraction of sp³-hybridized carbons (Fsp3) is 0.500. The predicted molar refractivity (Wildman–Crippen MR) is 70.0 cm³/mol. The molecule has 18 heavy (non-hydrogen) atoms. The largest absolute Gasteiger partial charge is 0.368 e. The Hall–Kier alpha value is -1.21. The van der Waals surface area contributed by atoms with Crippen LogP contribution in [-0.4, -0.2) is 42.7 Å². The number of aromatic nitrogens is 2. The highest BCUT2D eigenvalue weighted by Gasteiger charge is 2.12. The van der Waals surface area contributed by atoms with Gasteiger partial charge in [0.25, 0.3) is 0 Å². The number of hydrogen-bond donors (Lipinski definition) is 1. The number of nitrogens with zero attached hydrogens (tertiary/aromatic N) is 2. The molecular formula is C10H14ClN3O3S. The lowest BCUT2D eigenvalue weighted by Crippen LogP contribution is -2.18. The van der Waals surface area contributed by atoms with Gasteiger partial charge in [-0.1, -0.05) is 18.5 Å². The maximum Gasteiger partial charge on any atom is 0.156 e. The lowest BCUT2D eigenvalue weighted by molar-refractivity contribution is 0.112. The first-order valence-corrected chi connectivity index (χ1v) is 7.53. The molecule has 0 saturated carbocycles. The van der Waals surface area contributed by atoms with Crippen LogP contribution in [-0.2, 0) is 9.84 Å². The molecule has 0 atom stereocenters. The summed E-state index contributed by atoms with van der Waals surface area (Å²) in [6, 6.07) is 0. The van der Waals surface area contributed by atoms with Crippen LogP contribution in [0.1, 0.15) is 23.1 Å². The van der Waals surface area contributed by atoms with E-state index in [1.165, 1.54) is 0 Å². The smallest absolute Gasteiger partial charge is 0.156 e. The van der Waals surface area contributed by atoms with Gasteiger partial charge in [0, 0.05) is 12.3 Å². The Kier molecular flexibility index (Phi) is 5.03. The highest BCUT2D eigenvalue weighted by Crippen LogP contribution is 2.18. The van der Waals surface area contributed by atoms with Crippen molar-refractivity contribution < 1.29 is 13.2 Å². The van der Waals surface area contributed by atoms with Crippen LogP contribution in [0, 0.1) is 6.92 Å². The van der Waals surface area contributed by atoms with Gasteiger partial charge in [-0.25, -0.2) is 18.4 Å². The molecule has 1 aromatic heterocycles. The van der Waals surface area contributed by atoms with Crippen molar-refractivity contribution in [3.05, 3.63) is 16.5 Å². The van der Waals surface area contributed by atoms with E-state index in [1.54, 1.807) is 13.8 Å². The molecule has 100 valence electrons. The minimum atomic E-state index is -3.06. The van der Waals surface area contributed by atoms with E-state index in [4.69, 9.17) is 11.6 Å². The minimum absolute atomic E-state index is 0.0253. The van der Waals surface area contributed by atoms with E-state index in [0.717, 1.165) is 0 Å². The van der Waals surface area contributed by atoms with Crippen molar-refractivity contribution in [3.63, 3.8) is 0 Å². The van der Waals surface area contributed by atoms with Crippen LogP contribution < -0.4 is 5.32 Å². The van der Waals surface area contributed by atoms with Crippen LogP contribution in [0.5, 0.6) is 0 Å². The number of aryl methyl sites for hydroxylation is 1. The Morgan fingerprint density at radius 3 is 2.61 bits per heavy atom. The van der Waals surface area contributed by atoms with E-state index in [0.29, 0.717) is 12.1 Å². The molecule has 0 fully saturated rings. The third-order valence-corrected chi connectivity index (χ3v) is 4.27. The number of halogens is 1. The van der Waals surface area contributed by atoms with Gasteiger partial charge in [0.05, 0.1) is 11.3 Å². The topological polar surface area (TPSA) is 89.0 Å². The van der Waals surface area contributed by atoms with E-state index in [2.05, 4.69) is 15.3 Å². The van der Waals surface area contributed by atoms with Gasteiger partial charge in [0.2, 0.25) is 0 Å². The van der Waals surface area contributed by atoms with Gasteiger partial charge < -0.3 is 5.32 Å². The lowest BCUT2D eigenvalue weighted by atomic mass is 10.3. The van der Waals surface area contributed by atoms with Gasteiger partial charge in [-0.3, -0.25) is 4.79 Å². The van der Waals surface area contributed by atoms with Crippen molar-refractivity contribution >= 4 is 33.5 Å². The van der Waals surface area contributed by atoms with Crippen molar-refractivity contribution in [2.24, 2.45) is 0 Å². The van der Waals surface area contributed by atoms with Crippen LogP contribution in [0.2, 0.25) is 5.15 Å². The highest BCUT2D eigenvalue weighted by molar-refractivity contribution is 7.91.